The van der Waals surface area contributed by atoms with E-state index in [1.165, 1.54) is 5.56 Å². The van der Waals surface area contributed by atoms with Crippen molar-refractivity contribution in [3.63, 3.8) is 0 Å². The molecule has 2 nitrogen and oxygen atoms in total. The summed E-state index contributed by atoms with van der Waals surface area (Å²) in [5, 5.41) is 1.02. The van der Waals surface area contributed by atoms with E-state index in [1.54, 1.807) is 0 Å². The third-order valence-corrected chi connectivity index (χ3v) is 3.82. The minimum atomic E-state index is 0.586. The molecule has 0 spiro atoms. The molecule has 2 rings (SSSR count). The molecule has 1 aromatic heterocycles. The lowest BCUT2D eigenvalue weighted by molar-refractivity contribution is 0.637. The molecule has 0 atom stereocenters. The average molecular weight is 293 g/mol. The molecule has 90 valence electrons. The highest BCUT2D eigenvalue weighted by molar-refractivity contribution is 9.10. The standard InChI is InChI=1S/C14H17BrN2/c1-8(2)6-10-7-12(16)11-5-4-9(3)13(15)14(11)17-10/h4-5,7-8H,6H2,1-3H3,(H2,16,17). The molecule has 3 heteroatoms. The number of anilines is 1. The Labute approximate surface area is 110 Å². The summed E-state index contributed by atoms with van der Waals surface area (Å²) in [6.45, 7) is 6.44. The molecule has 1 aromatic carbocycles. The van der Waals surface area contributed by atoms with Crippen LogP contribution in [0, 0.1) is 12.8 Å². The molecule has 2 N–H and O–H groups in total. The zero-order chi connectivity index (χ0) is 12.6. The first-order valence-corrected chi connectivity index (χ1v) is 6.62. The van der Waals surface area contributed by atoms with Gasteiger partial charge in [-0.15, -0.1) is 0 Å². The Morgan fingerprint density at radius 1 is 1.35 bits per heavy atom. The molecular weight excluding hydrogens is 276 g/mol. The topological polar surface area (TPSA) is 38.9 Å². The number of halogens is 1. The molecule has 1 heterocycles. The maximum absolute atomic E-state index is 6.09. The van der Waals surface area contributed by atoms with Crippen LogP contribution in [0.2, 0.25) is 0 Å². The second-order valence-electron chi connectivity index (χ2n) is 4.89. The van der Waals surface area contributed by atoms with Crippen molar-refractivity contribution in [3.8, 4) is 0 Å². The number of aromatic nitrogens is 1. The minimum Gasteiger partial charge on any atom is -0.398 e. The number of fused-ring (bicyclic) bond motifs is 1. The summed E-state index contributed by atoms with van der Waals surface area (Å²) >= 11 is 3.60. The fourth-order valence-corrected chi connectivity index (χ4v) is 2.40. The Bertz CT molecular complexity index is 562. The van der Waals surface area contributed by atoms with Crippen LogP contribution in [0.4, 0.5) is 5.69 Å². The lowest BCUT2D eigenvalue weighted by Crippen LogP contribution is -2.00. The van der Waals surface area contributed by atoms with Crippen LogP contribution in [0.5, 0.6) is 0 Å². The molecule has 0 fully saturated rings. The number of pyridine rings is 1. The Hall–Kier alpha value is -1.09. The zero-order valence-electron chi connectivity index (χ0n) is 10.4. The summed E-state index contributed by atoms with van der Waals surface area (Å²) in [4.78, 5) is 4.71. The van der Waals surface area contributed by atoms with E-state index in [4.69, 9.17) is 10.7 Å². The Balaban J connectivity index is 2.66. The van der Waals surface area contributed by atoms with Gasteiger partial charge in [0.2, 0.25) is 0 Å². The lowest BCUT2D eigenvalue weighted by Gasteiger charge is -2.10. The Kier molecular flexibility index (Phi) is 3.38. The second-order valence-corrected chi connectivity index (χ2v) is 5.69. The van der Waals surface area contributed by atoms with Gasteiger partial charge in [0.1, 0.15) is 0 Å². The molecule has 0 aliphatic heterocycles. The molecule has 17 heavy (non-hydrogen) atoms. The molecule has 0 saturated heterocycles. The molecule has 0 unspecified atom stereocenters. The fraction of sp³-hybridized carbons (Fsp3) is 0.357. The van der Waals surface area contributed by atoms with Gasteiger partial charge in [0, 0.05) is 21.2 Å². The van der Waals surface area contributed by atoms with Crippen LogP contribution in [0.25, 0.3) is 10.9 Å². The van der Waals surface area contributed by atoms with Crippen molar-refractivity contribution in [2.24, 2.45) is 5.92 Å². The first-order valence-electron chi connectivity index (χ1n) is 5.83. The predicted molar refractivity (Wildman–Crippen MR) is 77.1 cm³/mol. The summed E-state index contributed by atoms with van der Waals surface area (Å²) < 4.78 is 1.05. The number of nitrogen functional groups attached to an aromatic ring is 1. The molecule has 0 aliphatic rings. The van der Waals surface area contributed by atoms with Gasteiger partial charge < -0.3 is 5.73 Å². The fourth-order valence-electron chi connectivity index (χ4n) is 1.96. The molecular formula is C14H17BrN2. The highest BCUT2D eigenvalue weighted by Gasteiger charge is 2.09. The first-order chi connectivity index (χ1) is 7.99. The first kappa shape index (κ1) is 12.4. The number of aryl methyl sites for hydroxylation is 1. The van der Waals surface area contributed by atoms with Crippen molar-refractivity contribution in [1.82, 2.24) is 4.98 Å². The summed E-state index contributed by atoms with van der Waals surface area (Å²) in [5.74, 6) is 0.586. The van der Waals surface area contributed by atoms with Crippen LogP contribution < -0.4 is 5.73 Å². The highest BCUT2D eigenvalue weighted by atomic mass is 79.9. The Morgan fingerprint density at radius 2 is 2.06 bits per heavy atom. The average Bonchev–Trinajstić information content (AvgIpc) is 2.23. The van der Waals surface area contributed by atoms with Crippen LogP contribution in [-0.2, 0) is 6.42 Å². The van der Waals surface area contributed by atoms with E-state index >= 15 is 0 Å². The molecule has 0 bridgehead atoms. The summed E-state index contributed by atoms with van der Waals surface area (Å²) in [5.41, 5.74) is 10.1. The van der Waals surface area contributed by atoms with Gasteiger partial charge in [0.15, 0.2) is 0 Å². The van der Waals surface area contributed by atoms with E-state index in [2.05, 4.69) is 42.8 Å². The molecule has 0 aliphatic carbocycles. The molecule has 0 saturated carbocycles. The summed E-state index contributed by atoms with van der Waals surface area (Å²) in [6, 6.07) is 6.09. The molecule has 0 amide bonds. The van der Waals surface area contributed by atoms with Crippen molar-refractivity contribution in [3.05, 3.63) is 33.9 Å². The van der Waals surface area contributed by atoms with E-state index < -0.39 is 0 Å². The maximum Gasteiger partial charge on any atom is 0.0870 e. The van der Waals surface area contributed by atoms with E-state index in [-0.39, 0.29) is 0 Å². The van der Waals surface area contributed by atoms with Crippen LogP contribution >= 0.6 is 15.9 Å². The van der Waals surface area contributed by atoms with Gasteiger partial charge >= 0.3 is 0 Å². The number of rotatable bonds is 2. The van der Waals surface area contributed by atoms with Gasteiger partial charge in [-0.25, -0.2) is 0 Å². The SMILES string of the molecule is Cc1ccc2c(N)cc(CC(C)C)nc2c1Br. The van der Waals surface area contributed by atoms with Gasteiger partial charge in [0.05, 0.1) is 5.52 Å². The van der Waals surface area contributed by atoms with Crippen molar-refractivity contribution < 1.29 is 0 Å². The van der Waals surface area contributed by atoms with Gasteiger partial charge in [-0.2, -0.15) is 0 Å². The van der Waals surface area contributed by atoms with Crippen molar-refractivity contribution in [2.45, 2.75) is 27.2 Å². The second kappa shape index (κ2) is 4.65. The van der Waals surface area contributed by atoms with Crippen LogP contribution in [0.1, 0.15) is 25.1 Å². The van der Waals surface area contributed by atoms with Crippen molar-refractivity contribution in [1.29, 1.82) is 0 Å². The zero-order valence-corrected chi connectivity index (χ0v) is 12.0. The number of nitrogens with zero attached hydrogens (tertiary/aromatic N) is 1. The minimum absolute atomic E-state index is 0.586. The van der Waals surface area contributed by atoms with Gasteiger partial charge in [0.25, 0.3) is 0 Å². The monoisotopic (exact) mass is 292 g/mol. The normalized spacial score (nSPS) is 11.4. The predicted octanol–water partition coefficient (Wildman–Crippen LogP) is 4.09. The summed E-state index contributed by atoms with van der Waals surface area (Å²) in [7, 11) is 0. The lowest BCUT2D eigenvalue weighted by atomic mass is 10.0. The van der Waals surface area contributed by atoms with E-state index in [0.29, 0.717) is 5.92 Å². The van der Waals surface area contributed by atoms with E-state index in [0.717, 1.165) is 33.2 Å². The largest absolute Gasteiger partial charge is 0.398 e. The van der Waals surface area contributed by atoms with Crippen LogP contribution in [0.3, 0.4) is 0 Å². The quantitative estimate of drug-likeness (QED) is 0.906. The number of hydrogen-bond acceptors (Lipinski definition) is 2. The Morgan fingerprint density at radius 3 is 2.71 bits per heavy atom. The smallest absolute Gasteiger partial charge is 0.0870 e. The summed E-state index contributed by atoms with van der Waals surface area (Å²) in [6.07, 6.45) is 0.959. The van der Waals surface area contributed by atoms with Crippen LogP contribution in [-0.4, -0.2) is 4.98 Å². The number of benzene rings is 1. The van der Waals surface area contributed by atoms with Crippen LogP contribution in [0.15, 0.2) is 22.7 Å². The van der Waals surface area contributed by atoms with Gasteiger partial charge in [-0.05, 0) is 46.8 Å². The van der Waals surface area contributed by atoms with Gasteiger partial charge in [-0.3, -0.25) is 4.98 Å². The van der Waals surface area contributed by atoms with E-state index in [1.807, 2.05) is 12.1 Å². The molecule has 2 aromatic rings. The third-order valence-electron chi connectivity index (χ3n) is 2.82. The third kappa shape index (κ3) is 2.44. The maximum atomic E-state index is 6.09. The van der Waals surface area contributed by atoms with Gasteiger partial charge in [-0.1, -0.05) is 26.0 Å². The van der Waals surface area contributed by atoms with Crippen molar-refractivity contribution >= 4 is 32.5 Å². The van der Waals surface area contributed by atoms with Crippen molar-refractivity contribution in [2.75, 3.05) is 5.73 Å². The molecule has 0 radical (unpaired) electrons. The number of nitrogens with two attached hydrogens (primary N) is 1. The van der Waals surface area contributed by atoms with E-state index in [9.17, 15) is 0 Å². The number of hydrogen-bond donors (Lipinski definition) is 1. The highest BCUT2D eigenvalue weighted by Crippen LogP contribution is 2.30.